The number of carbonyl (C=O) groups excluding carboxylic acids is 1. The van der Waals surface area contributed by atoms with Gasteiger partial charge in [-0.15, -0.1) is 0 Å². The van der Waals surface area contributed by atoms with Crippen LogP contribution in [0.1, 0.15) is 62.7 Å². The number of hydrogen-bond donors (Lipinski definition) is 0. The smallest absolute Gasteiger partial charge is 0.253 e. The van der Waals surface area contributed by atoms with Gasteiger partial charge in [0, 0.05) is 43.8 Å². The number of piperidine rings is 1. The normalized spacial score (nSPS) is 24.5. The third-order valence-electron chi connectivity index (χ3n) is 7.75. The Kier molecular flexibility index (Phi) is 5.67. The SMILES string of the molecule is CCN(C)C1CCN(C(=O)c2ccc3c(c2)nc(N2CCCCC2C)n3CC2CC2)C1. The second-order valence-electron chi connectivity index (χ2n) is 9.97. The standard InChI is InChI=1S/C25H37N5O/c1-4-27(3)21-12-14-28(17-21)24(31)20-10-11-23-22(15-20)26-25(30(23)16-19-8-9-19)29-13-6-5-7-18(29)2/h10-11,15,18-19,21H,4-9,12-14,16-17H2,1-3H3. The lowest BCUT2D eigenvalue weighted by Gasteiger charge is -2.34. The van der Waals surface area contributed by atoms with E-state index in [1.54, 1.807) is 0 Å². The van der Waals surface area contributed by atoms with Crippen molar-refractivity contribution in [3.63, 3.8) is 0 Å². The molecule has 2 saturated heterocycles. The quantitative estimate of drug-likeness (QED) is 0.705. The molecule has 2 unspecified atom stereocenters. The van der Waals surface area contributed by atoms with E-state index < -0.39 is 0 Å². The number of anilines is 1. The number of benzene rings is 1. The van der Waals surface area contributed by atoms with Crippen LogP contribution in [-0.2, 0) is 6.54 Å². The Labute approximate surface area is 186 Å². The number of imidazole rings is 1. The van der Waals surface area contributed by atoms with Gasteiger partial charge in [0.05, 0.1) is 11.0 Å². The number of amides is 1. The van der Waals surface area contributed by atoms with E-state index in [4.69, 9.17) is 4.98 Å². The largest absolute Gasteiger partial charge is 0.340 e. The molecular weight excluding hydrogens is 386 g/mol. The Bertz CT molecular complexity index is 949. The topological polar surface area (TPSA) is 44.6 Å². The van der Waals surface area contributed by atoms with Crippen LogP contribution in [0.15, 0.2) is 18.2 Å². The number of aromatic nitrogens is 2. The molecule has 2 atom stereocenters. The molecule has 0 radical (unpaired) electrons. The number of rotatable bonds is 6. The van der Waals surface area contributed by atoms with Crippen molar-refractivity contribution < 1.29 is 4.79 Å². The molecular formula is C25H37N5O. The Balaban J connectivity index is 1.43. The van der Waals surface area contributed by atoms with Crippen molar-refractivity contribution in [1.29, 1.82) is 0 Å². The molecule has 5 rings (SSSR count). The predicted octanol–water partition coefficient (Wildman–Crippen LogP) is 3.99. The summed E-state index contributed by atoms with van der Waals surface area (Å²) in [4.78, 5) is 25.2. The summed E-state index contributed by atoms with van der Waals surface area (Å²) >= 11 is 0. The molecule has 3 fully saturated rings. The molecule has 0 N–H and O–H groups in total. The van der Waals surface area contributed by atoms with Crippen LogP contribution in [0.3, 0.4) is 0 Å². The number of likely N-dealkylation sites (N-methyl/N-ethyl adjacent to an activating group) is 1. The maximum Gasteiger partial charge on any atom is 0.253 e. The highest BCUT2D eigenvalue weighted by molar-refractivity contribution is 5.98. The van der Waals surface area contributed by atoms with Gasteiger partial charge in [-0.2, -0.15) is 0 Å². The van der Waals surface area contributed by atoms with Gasteiger partial charge in [-0.05, 0) is 83.2 Å². The molecule has 1 saturated carbocycles. The summed E-state index contributed by atoms with van der Waals surface area (Å²) in [7, 11) is 2.15. The van der Waals surface area contributed by atoms with Crippen LogP contribution < -0.4 is 4.90 Å². The van der Waals surface area contributed by atoms with Gasteiger partial charge in [0.1, 0.15) is 0 Å². The first-order valence-electron chi connectivity index (χ1n) is 12.3. The van der Waals surface area contributed by atoms with Gasteiger partial charge in [-0.3, -0.25) is 4.79 Å². The highest BCUT2D eigenvalue weighted by Gasteiger charge is 2.31. The summed E-state index contributed by atoms with van der Waals surface area (Å²) < 4.78 is 2.44. The number of hydrogen-bond acceptors (Lipinski definition) is 4. The Hall–Kier alpha value is -2.08. The fourth-order valence-corrected chi connectivity index (χ4v) is 5.33. The second kappa shape index (κ2) is 8.45. The fourth-order valence-electron chi connectivity index (χ4n) is 5.33. The van der Waals surface area contributed by atoms with Crippen LogP contribution in [0.5, 0.6) is 0 Å². The zero-order valence-corrected chi connectivity index (χ0v) is 19.4. The van der Waals surface area contributed by atoms with Crippen LogP contribution in [-0.4, -0.2) is 70.6 Å². The van der Waals surface area contributed by atoms with E-state index in [0.717, 1.165) is 62.1 Å². The fraction of sp³-hybridized carbons (Fsp3) is 0.680. The van der Waals surface area contributed by atoms with E-state index >= 15 is 0 Å². The lowest BCUT2D eigenvalue weighted by Crippen LogP contribution is -2.39. The van der Waals surface area contributed by atoms with E-state index in [-0.39, 0.29) is 5.91 Å². The number of carbonyl (C=O) groups is 1. The molecule has 168 valence electrons. The van der Waals surface area contributed by atoms with Gasteiger partial charge in [0.15, 0.2) is 0 Å². The van der Waals surface area contributed by atoms with E-state index in [1.165, 1.54) is 37.6 Å². The molecule has 6 heteroatoms. The maximum absolute atomic E-state index is 13.2. The molecule has 1 aliphatic carbocycles. The Morgan fingerprint density at radius 3 is 2.74 bits per heavy atom. The van der Waals surface area contributed by atoms with Crippen molar-refractivity contribution in [1.82, 2.24) is 19.4 Å². The average Bonchev–Trinajstić information content (AvgIpc) is 3.34. The summed E-state index contributed by atoms with van der Waals surface area (Å²) in [6.45, 7) is 9.34. The number of fused-ring (bicyclic) bond motifs is 1. The zero-order valence-electron chi connectivity index (χ0n) is 19.4. The summed E-state index contributed by atoms with van der Waals surface area (Å²) in [5, 5.41) is 0. The van der Waals surface area contributed by atoms with Crippen molar-refractivity contribution in [3.8, 4) is 0 Å². The van der Waals surface area contributed by atoms with E-state index in [1.807, 2.05) is 17.0 Å². The molecule has 3 heterocycles. The summed E-state index contributed by atoms with van der Waals surface area (Å²) in [5.41, 5.74) is 2.93. The van der Waals surface area contributed by atoms with Gasteiger partial charge >= 0.3 is 0 Å². The second-order valence-corrected chi connectivity index (χ2v) is 9.97. The van der Waals surface area contributed by atoms with Gasteiger partial charge in [-0.1, -0.05) is 6.92 Å². The van der Waals surface area contributed by atoms with Crippen LogP contribution in [0, 0.1) is 5.92 Å². The minimum absolute atomic E-state index is 0.151. The maximum atomic E-state index is 13.2. The molecule has 1 aromatic carbocycles. The summed E-state index contributed by atoms with van der Waals surface area (Å²) in [6, 6.07) is 7.21. The molecule has 2 aromatic rings. The molecule has 1 aromatic heterocycles. The third kappa shape index (κ3) is 4.07. The van der Waals surface area contributed by atoms with Crippen molar-refractivity contribution in [3.05, 3.63) is 23.8 Å². The van der Waals surface area contributed by atoms with Crippen molar-refractivity contribution in [2.24, 2.45) is 5.92 Å². The highest BCUT2D eigenvalue weighted by Crippen LogP contribution is 2.36. The zero-order chi connectivity index (χ0) is 21.5. The number of nitrogens with zero attached hydrogens (tertiary/aromatic N) is 5. The van der Waals surface area contributed by atoms with Gasteiger partial charge in [0.25, 0.3) is 5.91 Å². The van der Waals surface area contributed by atoms with Crippen molar-refractivity contribution in [2.45, 2.75) is 71.0 Å². The van der Waals surface area contributed by atoms with Crippen LogP contribution in [0.25, 0.3) is 11.0 Å². The molecule has 2 aliphatic heterocycles. The predicted molar refractivity (Wildman–Crippen MR) is 126 cm³/mol. The van der Waals surface area contributed by atoms with Crippen LogP contribution >= 0.6 is 0 Å². The minimum atomic E-state index is 0.151. The van der Waals surface area contributed by atoms with Crippen molar-refractivity contribution >= 4 is 22.9 Å². The molecule has 0 bridgehead atoms. The highest BCUT2D eigenvalue weighted by atomic mass is 16.2. The molecule has 31 heavy (non-hydrogen) atoms. The first kappa shape index (κ1) is 20.8. The van der Waals surface area contributed by atoms with Gasteiger partial charge in [-0.25, -0.2) is 4.98 Å². The number of likely N-dealkylation sites (tertiary alicyclic amines) is 1. The average molecular weight is 424 g/mol. The van der Waals surface area contributed by atoms with E-state index in [0.29, 0.717) is 12.1 Å². The Morgan fingerprint density at radius 2 is 2.00 bits per heavy atom. The van der Waals surface area contributed by atoms with Crippen LogP contribution in [0.4, 0.5) is 5.95 Å². The molecule has 3 aliphatic rings. The van der Waals surface area contributed by atoms with E-state index in [9.17, 15) is 4.79 Å². The summed E-state index contributed by atoms with van der Waals surface area (Å²) in [5.74, 6) is 2.05. The third-order valence-corrected chi connectivity index (χ3v) is 7.75. The molecule has 0 spiro atoms. The molecule has 6 nitrogen and oxygen atoms in total. The Morgan fingerprint density at radius 1 is 1.16 bits per heavy atom. The van der Waals surface area contributed by atoms with E-state index in [2.05, 4.69) is 41.3 Å². The molecule has 1 amide bonds. The lowest BCUT2D eigenvalue weighted by molar-refractivity contribution is 0.0781. The lowest BCUT2D eigenvalue weighted by atomic mass is 10.0. The van der Waals surface area contributed by atoms with Crippen molar-refractivity contribution in [2.75, 3.05) is 38.1 Å². The summed E-state index contributed by atoms with van der Waals surface area (Å²) in [6.07, 6.45) is 7.50. The van der Waals surface area contributed by atoms with Crippen LogP contribution in [0.2, 0.25) is 0 Å². The monoisotopic (exact) mass is 423 g/mol. The minimum Gasteiger partial charge on any atom is -0.340 e. The van der Waals surface area contributed by atoms with Gasteiger partial charge in [0.2, 0.25) is 5.95 Å². The first-order chi connectivity index (χ1) is 15.0. The van der Waals surface area contributed by atoms with Gasteiger partial charge < -0.3 is 19.3 Å². The first-order valence-corrected chi connectivity index (χ1v) is 12.3.